The quantitative estimate of drug-likeness (QED) is 0.209. The fraction of sp³-hybridized carbons (Fsp3) is 0.0476. The third-order valence-electron chi connectivity index (χ3n) is 9.42. The lowest BCUT2D eigenvalue weighted by molar-refractivity contribution is 0.270. The molecule has 2 atom stereocenters. The Kier molecular flexibility index (Phi) is 5.11. The molecule has 8 aromatic rings. The first kappa shape index (κ1) is 24.6. The van der Waals surface area contributed by atoms with Gasteiger partial charge in [0, 0.05) is 49.7 Å². The Labute approximate surface area is 259 Å². The number of hydrogen-bond acceptors (Lipinski definition) is 3. The topological polar surface area (TPSA) is 35.5 Å². The van der Waals surface area contributed by atoms with Crippen LogP contribution in [0.25, 0.3) is 77.3 Å². The van der Waals surface area contributed by atoms with E-state index in [1.165, 1.54) is 5.56 Å². The first-order valence-electron chi connectivity index (χ1n) is 15.4. The molecule has 0 saturated carbocycles. The average molecular weight is 579 g/mol. The van der Waals surface area contributed by atoms with E-state index >= 15 is 0 Å². The summed E-state index contributed by atoms with van der Waals surface area (Å²) in [7, 11) is 0. The van der Waals surface area contributed by atoms with Gasteiger partial charge in [0.25, 0.3) is 0 Å². The van der Waals surface area contributed by atoms with Crippen LogP contribution in [-0.4, -0.2) is 6.10 Å². The number of furan rings is 2. The van der Waals surface area contributed by atoms with Gasteiger partial charge in [-0.25, -0.2) is 0 Å². The summed E-state index contributed by atoms with van der Waals surface area (Å²) in [4.78, 5) is 0. The number of ether oxygens (including phenoxy) is 1. The van der Waals surface area contributed by atoms with Crippen LogP contribution in [-0.2, 0) is 0 Å². The van der Waals surface area contributed by atoms with Crippen molar-refractivity contribution in [3.8, 4) is 39.1 Å². The zero-order chi connectivity index (χ0) is 29.5. The van der Waals surface area contributed by atoms with Crippen LogP contribution in [0.3, 0.4) is 0 Å². The Hall–Kier alpha value is -5.80. The molecule has 0 N–H and O–H groups in total. The molecule has 2 aromatic heterocycles. The molecular formula is C42H26O3. The number of hydrogen-bond donors (Lipinski definition) is 0. The Morgan fingerprint density at radius 1 is 0.444 bits per heavy atom. The number of rotatable bonds is 3. The summed E-state index contributed by atoms with van der Waals surface area (Å²) in [6, 6.07) is 42.7. The predicted octanol–water partition coefficient (Wildman–Crippen LogP) is 11.5. The van der Waals surface area contributed by atoms with Crippen LogP contribution in [0.4, 0.5) is 0 Å². The zero-order valence-corrected chi connectivity index (χ0v) is 24.2. The molecule has 0 amide bonds. The van der Waals surface area contributed by atoms with Gasteiger partial charge in [0.2, 0.25) is 0 Å². The van der Waals surface area contributed by atoms with Crippen LogP contribution in [0.15, 0.2) is 154 Å². The standard InChI is InChI=1S/C42H26O3/c1-4-19-37-31(10-1)34-16-7-13-28(40(34)43-37)25-22-26(29-14-8-17-35-32-11-2-5-20-38(32)44-41(29)35)24-27(23-25)30-15-9-18-36-33-12-3-6-21-39(33)45-42(30)36/h1-24,31,37H. The van der Waals surface area contributed by atoms with Crippen molar-refractivity contribution in [2.45, 2.75) is 12.0 Å². The maximum atomic E-state index is 6.63. The molecular weight excluding hydrogens is 552 g/mol. The number of allylic oxidation sites excluding steroid dienone is 2. The Balaban J connectivity index is 1.25. The molecule has 6 aromatic carbocycles. The summed E-state index contributed by atoms with van der Waals surface area (Å²) in [5.74, 6) is 1.18. The van der Waals surface area contributed by atoms with Crippen LogP contribution >= 0.6 is 0 Å². The highest BCUT2D eigenvalue weighted by atomic mass is 16.5. The van der Waals surface area contributed by atoms with E-state index in [0.717, 1.165) is 83.0 Å². The second kappa shape index (κ2) is 9.35. The van der Waals surface area contributed by atoms with Crippen molar-refractivity contribution in [1.29, 1.82) is 0 Å². The average Bonchev–Trinajstić information content (AvgIpc) is 3.79. The van der Waals surface area contributed by atoms with Gasteiger partial charge < -0.3 is 13.6 Å². The number of para-hydroxylation sites is 5. The van der Waals surface area contributed by atoms with Gasteiger partial charge in [-0.3, -0.25) is 0 Å². The van der Waals surface area contributed by atoms with E-state index in [1.807, 2.05) is 24.3 Å². The normalized spacial score (nSPS) is 16.9. The second-order valence-electron chi connectivity index (χ2n) is 12.0. The maximum Gasteiger partial charge on any atom is 0.143 e. The van der Waals surface area contributed by atoms with E-state index in [0.29, 0.717) is 0 Å². The maximum absolute atomic E-state index is 6.63. The summed E-state index contributed by atoms with van der Waals surface area (Å²) in [5.41, 5.74) is 11.2. The lowest BCUT2D eigenvalue weighted by Gasteiger charge is -2.15. The summed E-state index contributed by atoms with van der Waals surface area (Å²) in [6.45, 7) is 0. The van der Waals surface area contributed by atoms with E-state index in [1.54, 1.807) is 0 Å². The van der Waals surface area contributed by atoms with Gasteiger partial charge in [0.05, 0.1) is 0 Å². The first-order valence-corrected chi connectivity index (χ1v) is 15.4. The molecule has 3 heteroatoms. The highest BCUT2D eigenvalue weighted by molar-refractivity contribution is 6.11. The molecule has 1 aliphatic carbocycles. The molecule has 1 aliphatic heterocycles. The molecule has 0 fully saturated rings. The summed E-state index contributed by atoms with van der Waals surface area (Å²) < 4.78 is 19.7. The Bertz CT molecular complexity index is 2410. The van der Waals surface area contributed by atoms with E-state index in [-0.39, 0.29) is 12.0 Å². The van der Waals surface area contributed by atoms with Crippen molar-refractivity contribution < 1.29 is 13.6 Å². The summed E-state index contributed by atoms with van der Waals surface area (Å²) >= 11 is 0. The van der Waals surface area contributed by atoms with Gasteiger partial charge in [-0.2, -0.15) is 0 Å². The van der Waals surface area contributed by atoms with Crippen molar-refractivity contribution in [2.75, 3.05) is 0 Å². The van der Waals surface area contributed by atoms with Crippen LogP contribution < -0.4 is 4.74 Å². The largest absolute Gasteiger partial charge is 0.484 e. The van der Waals surface area contributed by atoms with Gasteiger partial charge in [0.1, 0.15) is 34.2 Å². The number of benzene rings is 6. The van der Waals surface area contributed by atoms with Gasteiger partial charge in [-0.1, -0.05) is 109 Å². The molecule has 10 rings (SSSR count). The fourth-order valence-corrected chi connectivity index (χ4v) is 7.34. The van der Waals surface area contributed by atoms with Gasteiger partial charge in [-0.05, 0) is 53.1 Å². The number of fused-ring (bicyclic) bond motifs is 9. The minimum Gasteiger partial charge on any atom is -0.484 e. The van der Waals surface area contributed by atoms with Gasteiger partial charge in [0.15, 0.2) is 0 Å². The third-order valence-corrected chi connectivity index (χ3v) is 9.42. The highest BCUT2D eigenvalue weighted by Crippen LogP contribution is 2.48. The van der Waals surface area contributed by atoms with E-state index in [2.05, 4.69) is 121 Å². The minimum absolute atomic E-state index is 0.0161. The van der Waals surface area contributed by atoms with Crippen LogP contribution in [0, 0.1) is 0 Å². The van der Waals surface area contributed by atoms with E-state index < -0.39 is 0 Å². The van der Waals surface area contributed by atoms with Crippen LogP contribution in [0.5, 0.6) is 5.75 Å². The fourth-order valence-electron chi connectivity index (χ4n) is 7.34. The molecule has 3 nitrogen and oxygen atoms in total. The van der Waals surface area contributed by atoms with Crippen LogP contribution in [0.1, 0.15) is 11.5 Å². The van der Waals surface area contributed by atoms with Gasteiger partial charge >= 0.3 is 0 Å². The van der Waals surface area contributed by atoms with Crippen molar-refractivity contribution in [1.82, 2.24) is 0 Å². The predicted molar refractivity (Wildman–Crippen MR) is 183 cm³/mol. The van der Waals surface area contributed by atoms with Gasteiger partial charge in [-0.15, -0.1) is 0 Å². The summed E-state index contributed by atoms with van der Waals surface area (Å²) in [5, 5.41) is 4.47. The third kappa shape index (κ3) is 3.64. The van der Waals surface area contributed by atoms with Crippen molar-refractivity contribution in [2.24, 2.45) is 0 Å². The van der Waals surface area contributed by atoms with Crippen molar-refractivity contribution >= 4 is 43.9 Å². The minimum atomic E-state index is 0.0161. The van der Waals surface area contributed by atoms with Crippen LogP contribution in [0.2, 0.25) is 0 Å². The van der Waals surface area contributed by atoms with E-state index in [4.69, 9.17) is 13.6 Å². The lowest BCUT2D eigenvalue weighted by atomic mass is 9.88. The molecule has 0 spiro atoms. The monoisotopic (exact) mass is 578 g/mol. The van der Waals surface area contributed by atoms with E-state index in [9.17, 15) is 0 Å². The SMILES string of the molecule is C1=CC2Oc3c(-c4cc(-c5cccc6c5oc5ccccc56)cc(-c5cccc6c5oc5ccccc56)c4)cccc3C2C=C1. The Morgan fingerprint density at radius 2 is 0.956 bits per heavy atom. The highest BCUT2D eigenvalue weighted by Gasteiger charge is 2.34. The smallest absolute Gasteiger partial charge is 0.143 e. The zero-order valence-electron chi connectivity index (χ0n) is 24.2. The molecule has 0 saturated heterocycles. The lowest BCUT2D eigenvalue weighted by Crippen LogP contribution is -2.15. The molecule has 2 aliphatic rings. The molecule has 2 unspecified atom stereocenters. The second-order valence-corrected chi connectivity index (χ2v) is 12.0. The van der Waals surface area contributed by atoms with Crippen molar-refractivity contribution in [3.63, 3.8) is 0 Å². The molecule has 0 bridgehead atoms. The Morgan fingerprint density at radius 3 is 1.60 bits per heavy atom. The first-order chi connectivity index (χ1) is 22.3. The molecule has 45 heavy (non-hydrogen) atoms. The summed E-state index contributed by atoms with van der Waals surface area (Å²) in [6.07, 6.45) is 8.61. The molecule has 0 radical (unpaired) electrons. The molecule has 212 valence electrons. The van der Waals surface area contributed by atoms with Crippen molar-refractivity contribution in [3.05, 3.63) is 151 Å². The molecule has 3 heterocycles.